The van der Waals surface area contributed by atoms with Gasteiger partial charge in [-0.1, -0.05) is 5.21 Å². The van der Waals surface area contributed by atoms with Gasteiger partial charge in [0.25, 0.3) is 0 Å². The zero-order valence-electron chi connectivity index (χ0n) is 20.1. The van der Waals surface area contributed by atoms with Crippen LogP contribution in [0.3, 0.4) is 0 Å². The average Bonchev–Trinajstić information content (AvgIpc) is 3.52. The second-order valence-corrected chi connectivity index (χ2v) is 8.84. The predicted molar refractivity (Wildman–Crippen MR) is 128 cm³/mol. The predicted octanol–water partition coefficient (Wildman–Crippen LogP) is 2.93. The number of nitriles is 2. The largest absolute Gasteiger partial charge is 0.469 e. The fourth-order valence-electron chi connectivity index (χ4n) is 4.65. The number of hydrogen-bond acceptors (Lipinski definition) is 9. The Morgan fingerprint density at radius 3 is 2.68 bits per heavy atom. The SMILES string of the molecule is Cc1c(-c2cc(OC(CCO)c3ccc(F)cn3)n3c(C#N)cnc3c2)nnn1C1CCN(C#N)CC1. The lowest BCUT2D eigenvalue weighted by Gasteiger charge is -2.28. The second-order valence-electron chi connectivity index (χ2n) is 8.84. The molecule has 0 spiro atoms. The van der Waals surface area contributed by atoms with Crippen LogP contribution in [0.5, 0.6) is 5.88 Å². The Labute approximate surface area is 212 Å². The van der Waals surface area contributed by atoms with Gasteiger partial charge < -0.3 is 14.7 Å². The summed E-state index contributed by atoms with van der Waals surface area (Å²) >= 11 is 0. The first-order valence-corrected chi connectivity index (χ1v) is 11.9. The van der Waals surface area contributed by atoms with Crippen LogP contribution in [0.4, 0.5) is 4.39 Å². The van der Waals surface area contributed by atoms with Gasteiger partial charge in [0.05, 0.1) is 29.8 Å². The summed E-state index contributed by atoms with van der Waals surface area (Å²) in [6.07, 6.45) is 5.84. The average molecular weight is 502 g/mol. The molecular formula is C25H24FN9O2. The first-order valence-electron chi connectivity index (χ1n) is 11.9. The molecule has 12 heteroatoms. The van der Waals surface area contributed by atoms with E-state index >= 15 is 0 Å². The lowest BCUT2D eigenvalue weighted by atomic mass is 10.0. The molecule has 1 aliphatic heterocycles. The topological polar surface area (TPSA) is 141 Å². The van der Waals surface area contributed by atoms with Gasteiger partial charge in [-0.25, -0.2) is 14.1 Å². The summed E-state index contributed by atoms with van der Waals surface area (Å²) in [6.45, 7) is 3.11. The van der Waals surface area contributed by atoms with Crippen molar-refractivity contribution in [3.63, 3.8) is 0 Å². The fraction of sp³-hybridized carbons (Fsp3) is 0.360. The van der Waals surface area contributed by atoms with Crippen molar-refractivity contribution in [3.8, 4) is 29.4 Å². The number of imidazole rings is 1. The smallest absolute Gasteiger partial charge is 0.201 e. The lowest BCUT2D eigenvalue weighted by molar-refractivity contribution is 0.145. The van der Waals surface area contributed by atoms with Crippen LogP contribution in [0.1, 0.15) is 48.5 Å². The summed E-state index contributed by atoms with van der Waals surface area (Å²) in [5.41, 5.74) is 3.41. The minimum atomic E-state index is -0.694. The van der Waals surface area contributed by atoms with Crippen molar-refractivity contribution >= 4 is 5.65 Å². The van der Waals surface area contributed by atoms with Crippen molar-refractivity contribution in [3.05, 3.63) is 59.6 Å². The number of rotatable bonds is 7. The maximum absolute atomic E-state index is 13.4. The number of fused-ring (bicyclic) bond motifs is 1. The Balaban J connectivity index is 1.53. The highest BCUT2D eigenvalue weighted by atomic mass is 19.1. The number of ether oxygens (including phenoxy) is 1. The molecule has 37 heavy (non-hydrogen) atoms. The Bertz CT molecular complexity index is 1490. The van der Waals surface area contributed by atoms with Crippen LogP contribution >= 0.6 is 0 Å². The highest BCUT2D eigenvalue weighted by Crippen LogP contribution is 2.33. The number of aliphatic hydroxyl groups excluding tert-OH is 1. The molecule has 0 radical (unpaired) electrons. The Morgan fingerprint density at radius 1 is 1.19 bits per heavy atom. The van der Waals surface area contributed by atoms with Gasteiger partial charge in [0.15, 0.2) is 6.19 Å². The lowest BCUT2D eigenvalue weighted by Crippen LogP contribution is -2.31. The molecule has 188 valence electrons. The zero-order valence-corrected chi connectivity index (χ0v) is 20.1. The monoisotopic (exact) mass is 501 g/mol. The van der Waals surface area contributed by atoms with E-state index in [1.807, 2.05) is 17.7 Å². The number of likely N-dealkylation sites (tertiary alicyclic amines) is 1. The molecule has 0 bridgehead atoms. The van der Waals surface area contributed by atoms with E-state index in [0.29, 0.717) is 41.6 Å². The van der Waals surface area contributed by atoms with Gasteiger partial charge in [-0.15, -0.1) is 5.10 Å². The molecule has 1 aliphatic rings. The van der Waals surface area contributed by atoms with Gasteiger partial charge in [-0.3, -0.25) is 9.38 Å². The second kappa shape index (κ2) is 10.2. The molecular weight excluding hydrogens is 477 g/mol. The molecule has 5 heterocycles. The van der Waals surface area contributed by atoms with E-state index in [9.17, 15) is 14.8 Å². The number of piperidine rings is 1. The summed E-state index contributed by atoms with van der Waals surface area (Å²) in [5.74, 6) is -0.170. The van der Waals surface area contributed by atoms with Crippen molar-refractivity contribution in [2.45, 2.75) is 38.3 Å². The standard InChI is InChI=1S/C25H24FN9O2/c1-16-25(31-32-35(16)19-4-7-33(15-28)8-5-19)17-10-23-30-14-20(12-27)34(23)24(11-17)37-22(6-9-36)21-3-2-18(26)13-29-21/h2-3,10-11,13-14,19,22,36H,4-9H2,1H3. The van der Waals surface area contributed by atoms with E-state index < -0.39 is 11.9 Å². The Morgan fingerprint density at radius 2 is 2.00 bits per heavy atom. The van der Waals surface area contributed by atoms with E-state index in [4.69, 9.17) is 10.00 Å². The van der Waals surface area contributed by atoms with Gasteiger partial charge in [0.1, 0.15) is 35.0 Å². The number of aromatic nitrogens is 6. The third-order valence-corrected chi connectivity index (χ3v) is 6.57. The van der Waals surface area contributed by atoms with Crippen molar-refractivity contribution in [2.24, 2.45) is 0 Å². The first kappa shape index (κ1) is 24.2. The van der Waals surface area contributed by atoms with Crippen LogP contribution in [0, 0.1) is 35.5 Å². The fourth-order valence-corrected chi connectivity index (χ4v) is 4.65. The van der Waals surface area contributed by atoms with E-state index in [1.54, 1.807) is 15.4 Å². The van der Waals surface area contributed by atoms with Crippen LogP contribution in [-0.2, 0) is 0 Å². The van der Waals surface area contributed by atoms with Gasteiger partial charge in [-0.05, 0) is 38.0 Å². The van der Waals surface area contributed by atoms with Crippen LogP contribution in [0.2, 0.25) is 0 Å². The van der Waals surface area contributed by atoms with Crippen molar-refractivity contribution < 1.29 is 14.2 Å². The number of hydrogen-bond donors (Lipinski definition) is 1. The van der Waals surface area contributed by atoms with E-state index in [2.05, 4.69) is 32.5 Å². The van der Waals surface area contributed by atoms with Crippen LogP contribution in [-0.4, -0.2) is 59.1 Å². The maximum atomic E-state index is 13.4. The Kier molecular flexibility index (Phi) is 6.66. The van der Waals surface area contributed by atoms with E-state index in [0.717, 1.165) is 24.7 Å². The van der Waals surface area contributed by atoms with Crippen molar-refractivity contribution in [2.75, 3.05) is 19.7 Å². The summed E-state index contributed by atoms with van der Waals surface area (Å²) < 4.78 is 23.2. The quantitative estimate of drug-likeness (QED) is 0.378. The third kappa shape index (κ3) is 4.67. The maximum Gasteiger partial charge on any atom is 0.201 e. The molecule has 0 aliphatic carbocycles. The van der Waals surface area contributed by atoms with Gasteiger partial charge in [0.2, 0.25) is 5.88 Å². The van der Waals surface area contributed by atoms with Gasteiger partial charge in [-0.2, -0.15) is 10.5 Å². The van der Waals surface area contributed by atoms with E-state index in [-0.39, 0.29) is 24.8 Å². The third-order valence-electron chi connectivity index (χ3n) is 6.57. The highest BCUT2D eigenvalue weighted by Gasteiger charge is 2.25. The summed E-state index contributed by atoms with van der Waals surface area (Å²) in [7, 11) is 0. The highest BCUT2D eigenvalue weighted by molar-refractivity contribution is 5.68. The minimum absolute atomic E-state index is 0.139. The summed E-state index contributed by atoms with van der Waals surface area (Å²) in [4.78, 5) is 10.2. The summed E-state index contributed by atoms with van der Waals surface area (Å²) in [6, 6.07) is 8.60. The molecule has 4 aromatic rings. The molecule has 1 unspecified atom stereocenters. The minimum Gasteiger partial charge on any atom is -0.469 e. The normalized spacial score (nSPS) is 14.9. The number of aliphatic hydroxyl groups is 1. The van der Waals surface area contributed by atoms with Gasteiger partial charge >= 0.3 is 0 Å². The Hall–Kier alpha value is -4.55. The molecule has 1 saturated heterocycles. The first-order chi connectivity index (χ1) is 18.0. The zero-order chi connectivity index (χ0) is 25.9. The molecule has 4 aromatic heterocycles. The number of nitrogens with zero attached hydrogens (tertiary/aromatic N) is 9. The summed E-state index contributed by atoms with van der Waals surface area (Å²) in [5, 5.41) is 37.3. The molecule has 0 amide bonds. The van der Waals surface area contributed by atoms with E-state index in [1.165, 1.54) is 18.3 Å². The van der Waals surface area contributed by atoms with Crippen molar-refractivity contribution in [1.82, 2.24) is 34.3 Å². The molecule has 1 atom stereocenters. The number of pyridine rings is 2. The molecule has 1 N–H and O–H groups in total. The van der Waals surface area contributed by atoms with Crippen LogP contribution in [0.25, 0.3) is 16.9 Å². The van der Waals surface area contributed by atoms with Gasteiger partial charge in [0, 0.05) is 37.7 Å². The molecule has 11 nitrogen and oxygen atoms in total. The number of halogens is 1. The molecule has 0 aromatic carbocycles. The van der Waals surface area contributed by atoms with Crippen LogP contribution in [0.15, 0.2) is 36.7 Å². The molecule has 1 fully saturated rings. The van der Waals surface area contributed by atoms with Crippen LogP contribution < -0.4 is 4.74 Å². The van der Waals surface area contributed by atoms with Crippen molar-refractivity contribution in [1.29, 1.82) is 10.5 Å². The molecule has 5 rings (SSSR count). The molecule has 0 saturated carbocycles.